The number of hydrogen-bond donors (Lipinski definition) is 1. The summed E-state index contributed by atoms with van der Waals surface area (Å²) in [4.78, 5) is 0. The smallest absolute Gasteiger partial charge is 0.0700 e. The van der Waals surface area contributed by atoms with Crippen LogP contribution in [0.1, 0.15) is 28.7 Å². The lowest BCUT2D eigenvalue weighted by atomic mass is 9.94. The van der Waals surface area contributed by atoms with E-state index in [0.29, 0.717) is 32.7 Å². The summed E-state index contributed by atoms with van der Waals surface area (Å²) in [6.07, 6.45) is 1.02. The normalized spacial score (nSPS) is 12.7. The number of rotatable bonds is 8. The largest absolute Gasteiger partial charge is 0.393 e. The van der Waals surface area contributed by atoms with Crippen molar-refractivity contribution in [3.63, 3.8) is 0 Å². The van der Waals surface area contributed by atoms with E-state index >= 15 is 0 Å². The van der Waals surface area contributed by atoms with Crippen LogP contribution in [0.4, 0.5) is 0 Å². The standard InChI is InChI=1S/C16H26O3/c1-12-9-13(2)16(14(3)10-12)11-15(17)5-6-19-8-7-18-4/h9-10,15,17H,5-8,11H2,1-4H3. The van der Waals surface area contributed by atoms with Crippen LogP contribution in [0.15, 0.2) is 12.1 Å². The highest BCUT2D eigenvalue weighted by Gasteiger charge is 2.10. The van der Waals surface area contributed by atoms with E-state index in [2.05, 4.69) is 32.9 Å². The van der Waals surface area contributed by atoms with Gasteiger partial charge in [-0.05, 0) is 50.3 Å². The summed E-state index contributed by atoms with van der Waals surface area (Å²) in [6.45, 7) is 8.09. The van der Waals surface area contributed by atoms with Crippen molar-refractivity contribution in [3.8, 4) is 0 Å². The van der Waals surface area contributed by atoms with Gasteiger partial charge in [0.15, 0.2) is 0 Å². The molecule has 1 aromatic carbocycles. The Morgan fingerprint density at radius 3 is 2.26 bits per heavy atom. The average Bonchev–Trinajstić information content (AvgIpc) is 2.33. The van der Waals surface area contributed by atoms with E-state index in [1.807, 2.05) is 0 Å². The molecule has 0 radical (unpaired) electrons. The number of benzene rings is 1. The van der Waals surface area contributed by atoms with E-state index in [1.54, 1.807) is 7.11 Å². The molecular weight excluding hydrogens is 240 g/mol. The van der Waals surface area contributed by atoms with Crippen molar-refractivity contribution in [2.45, 2.75) is 39.7 Å². The zero-order chi connectivity index (χ0) is 14.3. The van der Waals surface area contributed by atoms with Crippen LogP contribution in [-0.2, 0) is 15.9 Å². The molecule has 108 valence electrons. The van der Waals surface area contributed by atoms with Crippen molar-refractivity contribution >= 4 is 0 Å². The zero-order valence-electron chi connectivity index (χ0n) is 12.5. The van der Waals surface area contributed by atoms with Crippen molar-refractivity contribution in [1.29, 1.82) is 0 Å². The number of aliphatic hydroxyl groups excluding tert-OH is 1. The molecule has 0 aliphatic heterocycles. The lowest BCUT2D eigenvalue weighted by Crippen LogP contribution is -2.16. The van der Waals surface area contributed by atoms with Crippen molar-refractivity contribution in [3.05, 3.63) is 34.4 Å². The third-order valence-electron chi connectivity index (χ3n) is 3.31. The van der Waals surface area contributed by atoms with Gasteiger partial charge in [0.2, 0.25) is 0 Å². The molecule has 19 heavy (non-hydrogen) atoms. The highest BCUT2D eigenvalue weighted by Crippen LogP contribution is 2.18. The molecule has 0 bridgehead atoms. The average molecular weight is 266 g/mol. The summed E-state index contributed by atoms with van der Waals surface area (Å²) in [5.41, 5.74) is 5.06. The quantitative estimate of drug-likeness (QED) is 0.735. The van der Waals surface area contributed by atoms with E-state index < -0.39 is 0 Å². The lowest BCUT2D eigenvalue weighted by Gasteiger charge is -2.15. The summed E-state index contributed by atoms with van der Waals surface area (Å²) >= 11 is 0. The molecule has 0 aliphatic rings. The van der Waals surface area contributed by atoms with Crippen LogP contribution >= 0.6 is 0 Å². The van der Waals surface area contributed by atoms with Crippen molar-refractivity contribution in [2.75, 3.05) is 26.9 Å². The molecule has 1 aromatic rings. The molecule has 3 nitrogen and oxygen atoms in total. The number of aryl methyl sites for hydroxylation is 3. The molecule has 1 unspecified atom stereocenters. The van der Waals surface area contributed by atoms with Crippen molar-refractivity contribution in [1.82, 2.24) is 0 Å². The van der Waals surface area contributed by atoms with Gasteiger partial charge < -0.3 is 14.6 Å². The Balaban J connectivity index is 2.42. The van der Waals surface area contributed by atoms with Crippen LogP contribution in [-0.4, -0.2) is 38.1 Å². The number of hydrogen-bond acceptors (Lipinski definition) is 3. The maximum Gasteiger partial charge on any atom is 0.0700 e. The molecule has 0 saturated carbocycles. The summed E-state index contributed by atoms with van der Waals surface area (Å²) in [6, 6.07) is 4.34. The summed E-state index contributed by atoms with van der Waals surface area (Å²) in [7, 11) is 1.65. The monoisotopic (exact) mass is 266 g/mol. The molecule has 0 saturated heterocycles. The van der Waals surface area contributed by atoms with Crippen LogP contribution in [0.25, 0.3) is 0 Å². The highest BCUT2D eigenvalue weighted by atomic mass is 16.5. The number of methoxy groups -OCH3 is 1. The minimum absolute atomic E-state index is 0.345. The van der Waals surface area contributed by atoms with Crippen LogP contribution in [0.5, 0.6) is 0 Å². The molecule has 0 heterocycles. The maximum atomic E-state index is 10.1. The molecule has 1 rings (SSSR count). The number of aliphatic hydroxyl groups is 1. The second-order valence-corrected chi connectivity index (χ2v) is 5.13. The van der Waals surface area contributed by atoms with Gasteiger partial charge in [-0.3, -0.25) is 0 Å². The summed E-state index contributed by atoms with van der Waals surface area (Å²) in [5.74, 6) is 0. The summed E-state index contributed by atoms with van der Waals surface area (Å²) in [5, 5.41) is 10.1. The second-order valence-electron chi connectivity index (χ2n) is 5.13. The Hall–Kier alpha value is -0.900. The fourth-order valence-electron chi connectivity index (χ4n) is 2.33. The van der Waals surface area contributed by atoms with Gasteiger partial charge in [-0.25, -0.2) is 0 Å². The van der Waals surface area contributed by atoms with Crippen LogP contribution in [0.3, 0.4) is 0 Å². The Morgan fingerprint density at radius 2 is 1.68 bits per heavy atom. The molecular formula is C16H26O3. The molecule has 0 amide bonds. The number of ether oxygens (including phenoxy) is 2. The highest BCUT2D eigenvalue weighted by molar-refractivity contribution is 5.37. The predicted molar refractivity (Wildman–Crippen MR) is 77.7 cm³/mol. The molecule has 0 aliphatic carbocycles. The van der Waals surface area contributed by atoms with Crippen LogP contribution in [0.2, 0.25) is 0 Å². The first-order valence-corrected chi connectivity index (χ1v) is 6.86. The van der Waals surface area contributed by atoms with E-state index in [0.717, 1.165) is 0 Å². The lowest BCUT2D eigenvalue weighted by molar-refractivity contribution is 0.0478. The van der Waals surface area contributed by atoms with Gasteiger partial charge in [0.25, 0.3) is 0 Å². The van der Waals surface area contributed by atoms with Crippen molar-refractivity contribution in [2.24, 2.45) is 0 Å². The third kappa shape index (κ3) is 5.72. The van der Waals surface area contributed by atoms with Crippen molar-refractivity contribution < 1.29 is 14.6 Å². The molecule has 1 atom stereocenters. The summed E-state index contributed by atoms with van der Waals surface area (Å²) < 4.78 is 10.3. The van der Waals surface area contributed by atoms with Gasteiger partial charge >= 0.3 is 0 Å². The van der Waals surface area contributed by atoms with Crippen LogP contribution in [0, 0.1) is 20.8 Å². The van der Waals surface area contributed by atoms with E-state index in [-0.39, 0.29) is 6.10 Å². The zero-order valence-corrected chi connectivity index (χ0v) is 12.5. The minimum Gasteiger partial charge on any atom is -0.393 e. The van der Waals surface area contributed by atoms with Gasteiger partial charge in [0.05, 0.1) is 19.3 Å². The molecule has 3 heteroatoms. The Morgan fingerprint density at radius 1 is 1.05 bits per heavy atom. The first kappa shape index (κ1) is 16.2. The van der Waals surface area contributed by atoms with Crippen LogP contribution < -0.4 is 0 Å². The van der Waals surface area contributed by atoms with E-state index in [4.69, 9.17) is 9.47 Å². The van der Waals surface area contributed by atoms with Gasteiger partial charge in [0.1, 0.15) is 0 Å². The Labute approximate surface area is 116 Å². The van der Waals surface area contributed by atoms with E-state index in [1.165, 1.54) is 22.3 Å². The Bertz CT molecular complexity index is 365. The Kier molecular flexibility index (Phi) is 7.06. The first-order chi connectivity index (χ1) is 9.04. The predicted octanol–water partition coefficient (Wildman–Crippen LogP) is 2.57. The fourth-order valence-corrected chi connectivity index (χ4v) is 2.33. The van der Waals surface area contributed by atoms with Gasteiger partial charge in [-0.2, -0.15) is 0 Å². The first-order valence-electron chi connectivity index (χ1n) is 6.86. The van der Waals surface area contributed by atoms with Gasteiger partial charge in [-0.15, -0.1) is 0 Å². The molecule has 0 fully saturated rings. The fraction of sp³-hybridized carbons (Fsp3) is 0.625. The maximum absolute atomic E-state index is 10.1. The SMILES string of the molecule is COCCOCCC(O)Cc1c(C)cc(C)cc1C. The third-order valence-corrected chi connectivity index (χ3v) is 3.31. The molecule has 1 N–H and O–H groups in total. The second kappa shape index (κ2) is 8.31. The minimum atomic E-state index is -0.345. The van der Waals surface area contributed by atoms with Gasteiger partial charge in [-0.1, -0.05) is 17.7 Å². The van der Waals surface area contributed by atoms with E-state index in [9.17, 15) is 5.11 Å². The molecule has 0 spiro atoms. The van der Waals surface area contributed by atoms with Gasteiger partial charge in [0, 0.05) is 13.7 Å². The topological polar surface area (TPSA) is 38.7 Å². The molecule has 0 aromatic heterocycles.